The van der Waals surface area contributed by atoms with E-state index < -0.39 is 5.54 Å². The Kier molecular flexibility index (Phi) is 3.39. The summed E-state index contributed by atoms with van der Waals surface area (Å²) < 4.78 is 0. The average molecular weight is 252 g/mol. The van der Waals surface area contributed by atoms with Gasteiger partial charge in [0.1, 0.15) is 5.54 Å². The first kappa shape index (κ1) is 13.4. The molecule has 4 heteroatoms. The predicted molar refractivity (Wildman–Crippen MR) is 69.9 cm³/mol. The first-order valence-electron chi connectivity index (χ1n) is 7.02. The summed E-state index contributed by atoms with van der Waals surface area (Å²) in [5.41, 5.74) is -0.656. The second kappa shape index (κ2) is 4.56. The Morgan fingerprint density at radius 1 is 1.39 bits per heavy atom. The lowest BCUT2D eigenvalue weighted by atomic mass is 9.89. The molecule has 3 atom stereocenters. The highest BCUT2D eigenvalue weighted by molar-refractivity contribution is 5.98. The van der Waals surface area contributed by atoms with Crippen LogP contribution in [0.3, 0.4) is 0 Å². The van der Waals surface area contributed by atoms with Crippen LogP contribution in [0, 0.1) is 11.8 Å². The Bertz CT molecular complexity index is 365. The highest BCUT2D eigenvalue weighted by Crippen LogP contribution is 2.42. The van der Waals surface area contributed by atoms with Crippen LogP contribution >= 0.6 is 0 Å². The van der Waals surface area contributed by atoms with E-state index >= 15 is 0 Å². The Hall–Kier alpha value is -1.06. The third-order valence-corrected chi connectivity index (χ3v) is 4.77. The van der Waals surface area contributed by atoms with Crippen molar-refractivity contribution >= 4 is 11.8 Å². The molecule has 0 aromatic rings. The van der Waals surface area contributed by atoms with Crippen LogP contribution in [0.5, 0.6) is 0 Å². The van der Waals surface area contributed by atoms with Crippen molar-refractivity contribution in [2.24, 2.45) is 11.8 Å². The van der Waals surface area contributed by atoms with Crippen molar-refractivity contribution < 1.29 is 9.59 Å². The lowest BCUT2D eigenvalue weighted by molar-refractivity contribution is -0.153. The van der Waals surface area contributed by atoms with Gasteiger partial charge in [0.25, 0.3) is 0 Å². The number of carbonyl (C=O) groups is 2. The monoisotopic (exact) mass is 252 g/mol. The van der Waals surface area contributed by atoms with E-state index in [2.05, 4.69) is 26.1 Å². The maximum atomic E-state index is 12.6. The standard InChI is InChI=1S/C14H24N2O2/c1-5-9(2)10(3)16-8-12(17)15-14(4,13(16)18)11-6-7-11/h9-11H,5-8H2,1-4H3,(H,15,17). The molecule has 1 N–H and O–H groups in total. The fraction of sp³-hybridized carbons (Fsp3) is 0.857. The van der Waals surface area contributed by atoms with Crippen LogP contribution in [0.2, 0.25) is 0 Å². The SMILES string of the molecule is CCC(C)C(C)N1CC(=O)NC(C)(C2CC2)C1=O. The quantitative estimate of drug-likeness (QED) is 0.825. The molecule has 0 spiro atoms. The van der Waals surface area contributed by atoms with E-state index in [1.165, 1.54) is 0 Å². The van der Waals surface area contributed by atoms with Gasteiger partial charge in [0.05, 0.1) is 6.54 Å². The molecule has 3 unspecified atom stereocenters. The van der Waals surface area contributed by atoms with Gasteiger partial charge in [-0.05, 0) is 38.5 Å². The summed E-state index contributed by atoms with van der Waals surface area (Å²) in [5.74, 6) is 0.848. The Morgan fingerprint density at radius 2 is 2.00 bits per heavy atom. The fourth-order valence-electron chi connectivity index (χ4n) is 2.82. The molecule has 2 rings (SSSR count). The van der Waals surface area contributed by atoms with Crippen molar-refractivity contribution in [3.63, 3.8) is 0 Å². The van der Waals surface area contributed by atoms with Gasteiger partial charge in [-0.3, -0.25) is 9.59 Å². The van der Waals surface area contributed by atoms with E-state index in [1.807, 2.05) is 6.92 Å². The lowest BCUT2D eigenvalue weighted by Gasteiger charge is -2.44. The Labute approximate surface area is 109 Å². The molecule has 0 aromatic carbocycles. The molecular weight excluding hydrogens is 228 g/mol. The van der Waals surface area contributed by atoms with Gasteiger partial charge in [-0.1, -0.05) is 20.3 Å². The van der Waals surface area contributed by atoms with Crippen LogP contribution in [0.4, 0.5) is 0 Å². The lowest BCUT2D eigenvalue weighted by Crippen LogP contribution is -2.68. The zero-order chi connectivity index (χ0) is 13.5. The molecule has 1 heterocycles. The normalized spacial score (nSPS) is 32.1. The molecule has 0 aromatic heterocycles. The predicted octanol–water partition coefficient (Wildman–Crippen LogP) is 1.55. The summed E-state index contributed by atoms with van der Waals surface area (Å²) in [7, 11) is 0. The minimum absolute atomic E-state index is 0.0147. The van der Waals surface area contributed by atoms with Gasteiger partial charge in [-0.25, -0.2) is 0 Å². The van der Waals surface area contributed by atoms with E-state index in [4.69, 9.17) is 0 Å². The number of rotatable bonds is 4. The van der Waals surface area contributed by atoms with Gasteiger partial charge in [0.15, 0.2) is 0 Å². The first-order valence-corrected chi connectivity index (χ1v) is 7.02. The third-order valence-electron chi connectivity index (χ3n) is 4.77. The van der Waals surface area contributed by atoms with Gasteiger partial charge in [-0.15, -0.1) is 0 Å². The summed E-state index contributed by atoms with van der Waals surface area (Å²) in [6, 6.07) is 0.131. The zero-order valence-corrected chi connectivity index (χ0v) is 11.8. The molecule has 1 aliphatic heterocycles. The molecular formula is C14H24N2O2. The molecule has 1 saturated carbocycles. The summed E-state index contributed by atoms with van der Waals surface area (Å²) in [5, 5.41) is 2.92. The summed E-state index contributed by atoms with van der Waals surface area (Å²) in [6.07, 6.45) is 3.12. The molecule has 1 aliphatic carbocycles. The number of piperazine rings is 1. The average Bonchev–Trinajstić information content (AvgIpc) is 3.16. The second-order valence-electron chi connectivity index (χ2n) is 6.08. The number of nitrogens with zero attached hydrogens (tertiary/aromatic N) is 1. The molecule has 4 nitrogen and oxygen atoms in total. The number of carbonyl (C=O) groups excluding carboxylic acids is 2. The highest BCUT2D eigenvalue weighted by atomic mass is 16.2. The maximum Gasteiger partial charge on any atom is 0.249 e. The highest BCUT2D eigenvalue weighted by Gasteiger charge is 2.53. The molecule has 2 amide bonds. The minimum Gasteiger partial charge on any atom is -0.340 e. The van der Waals surface area contributed by atoms with Crippen LogP contribution in [0.15, 0.2) is 0 Å². The number of hydrogen-bond acceptors (Lipinski definition) is 2. The summed E-state index contributed by atoms with van der Waals surface area (Å²) in [4.78, 5) is 26.3. The molecule has 2 fully saturated rings. The van der Waals surface area contributed by atoms with Gasteiger partial charge in [-0.2, -0.15) is 0 Å². The van der Waals surface area contributed by atoms with Crippen LogP contribution < -0.4 is 5.32 Å². The van der Waals surface area contributed by atoms with Crippen molar-refractivity contribution in [1.82, 2.24) is 10.2 Å². The first-order chi connectivity index (χ1) is 8.40. The molecule has 18 heavy (non-hydrogen) atoms. The van der Waals surface area contributed by atoms with E-state index in [0.717, 1.165) is 19.3 Å². The smallest absolute Gasteiger partial charge is 0.249 e. The van der Waals surface area contributed by atoms with Gasteiger partial charge in [0.2, 0.25) is 11.8 Å². The van der Waals surface area contributed by atoms with Crippen molar-refractivity contribution in [2.75, 3.05) is 6.54 Å². The van der Waals surface area contributed by atoms with Crippen molar-refractivity contribution in [2.45, 2.75) is 58.5 Å². The van der Waals surface area contributed by atoms with E-state index in [9.17, 15) is 9.59 Å². The zero-order valence-electron chi connectivity index (χ0n) is 11.8. The fourth-order valence-corrected chi connectivity index (χ4v) is 2.82. The minimum atomic E-state index is -0.656. The molecule has 102 valence electrons. The summed E-state index contributed by atoms with van der Waals surface area (Å²) in [6.45, 7) is 8.42. The van der Waals surface area contributed by atoms with E-state index in [1.54, 1.807) is 4.90 Å². The van der Waals surface area contributed by atoms with Crippen molar-refractivity contribution in [3.05, 3.63) is 0 Å². The topological polar surface area (TPSA) is 49.4 Å². The van der Waals surface area contributed by atoms with E-state index in [-0.39, 0.29) is 24.4 Å². The summed E-state index contributed by atoms with van der Waals surface area (Å²) >= 11 is 0. The third kappa shape index (κ3) is 2.13. The van der Waals surface area contributed by atoms with E-state index in [0.29, 0.717) is 11.8 Å². The Balaban J connectivity index is 2.20. The van der Waals surface area contributed by atoms with Crippen molar-refractivity contribution in [1.29, 1.82) is 0 Å². The number of hydrogen-bond donors (Lipinski definition) is 1. The largest absolute Gasteiger partial charge is 0.340 e. The molecule has 1 saturated heterocycles. The maximum absolute atomic E-state index is 12.6. The van der Waals surface area contributed by atoms with Crippen LogP contribution in [-0.2, 0) is 9.59 Å². The van der Waals surface area contributed by atoms with Crippen molar-refractivity contribution in [3.8, 4) is 0 Å². The van der Waals surface area contributed by atoms with Gasteiger partial charge >= 0.3 is 0 Å². The molecule has 2 aliphatic rings. The van der Waals surface area contributed by atoms with Crippen LogP contribution in [-0.4, -0.2) is 34.8 Å². The number of nitrogens with one attached hydrogen (secondary N) is 1. The van der Waals surface area contributed by atoms with Crippen LogP contribution in [0.1, 0.15) is 47.0 Å². The van der Waals surface area contributed by atoms with Gasteiger partial charge < -0.3 is 10.2 Å². The number of amides is 2. The second-order valence-corrected chi connectivity index (χ2v) is 6.08. The van der Waals surface area contributed by atoms with Gasteiger partial charge in [0, 0.05) is 6.04 Å². The Morgan fingerprint density at radius 3 is 2.50 bits per heavy atom. The van der Waals surface area contributed by atoms with Crippen LogP contribution in [0.25, 0.3) is 0 Å². The molecule has 0 bridgehead atoms. The molecule has 0 radical (unpaired) electrons.